The predicted molar refractivity (Wildman–Crippen MR) is 137 cm³/mol. The number of aromatic nitrogens is 5. The van der Waals surface area contributed by atoms with Gasteiger partial charge in [0, 0.05) is 42.0 Å². The highest BCUT2D eigenvalue weighted by atomic mass is 19.1. The van der Waals surface area contributed by atoms with Crippen LogP contribution in [0.4, 0.5) is 14.5 Å². The molecule has 0 bridgehead atoms. The first-order chi connectivity index (χ1) is 17.9. The average Bonchev–Trinajstić information content (AvgIpc) is 3.47. The molecular formula is C28H24F2N6O. The number of rotatable bonds is 6. The Morgan fingerprint density at radius 2 is 1.92 bits per heavy atom. The van der Waals surface area contributed by atoms with Crippen molar-refractivity contribution in [1.29, 1.82) is 0 Å². The number of nitrogens with zero attached hydrogens (tertiary/aromatic N) is 5. The minimum Gasteiger partial charge on any atom is -0.326 e. The summed E-state index contributed by atoms with van der Waals surface area (Å²) in [6, 6.07) is 14.5. The Bertz CT molecular complexity index is 1640. The van der Waals surface area contributed by atoms with E-state index < -0.39 is 11.6 Å². The van der Waals surface area contributed by atoms with Gasteiger partial charge in [-0.25, -0.2) is 13.8 Å². The van der Waals surface area contributed by atoms with Crippen LogP contribution in [0.2, 0.25) is 0 Å². The molecule has 186 valence electrons. The quantitative estimate of drug-likeness (QED) is 0.312. The van der Waals surface area contributed by atoms with Gasteiger partial charge in [-0.2, -0.15) is 0 Å². The van der Waals surface area contributed by atoms with Crippen LogP contribution in [0.3, 0.4) is 0 Å². The number of hydrogen-bond donors (Lipinski definition) is 1. The van der Waals surface area contributed by atoms with Crippen molar-refractivity contribution in [2.24, 2.45) is 5.92 Å². The molecule has 0 spiro atoms. The van der Waals surface area contributed by atoms with Gasteiger partial charge in [0.05, 0.1) is 17.2 Å². The van der Waals surface area contributed by atoms with Crippen molar-refractivity contribution in [2.75, 3.05) is 5.32 Å². The summed E-state index contributed by atoms with van der Waals surface area (Å²) in [5.74, 6) is -0.905. The van der Waals surface area contributed by atoms with Crippen LogP contribution in [0, 0.1) is 17.6 Å². The summed E-state index contributed by atoms with van der Waals surface area (Å²) >= 11 is 0. The number of anilines is 1. The summed E-state index contributed by atoms with van der Waals surface area (Å²) in [6.45, 7) is 2.30. The lowest BCUT2D eigenvalue weighted by Crippen LogP contribution is -2.18. The topological polar surface area (TPSA) is 77.6 Å². The van der Waals surface area contributed by atoms with E-state index in [4.69, 9.17) is 0 Å². The molecule has 1 aliphatic carbocycles. The van der Waals surface area contributed by atoms with Gasteiger partial charge < -0.3 is 5.32 Å². The smallest absolute Gasteiger partial charge is 0.221 e. The van der Waals surface area contributed by atoms with Crippen molar-refractivity contribution in [1.82, 2.24) is 24.5 Å². The maximum atomic E-state index is 14.6. The number of fused-ring (bicyclic) bond motifs is 1. The largest absolute Gasteiger partial charge is 0.326 e. The van der Waals surface area contributed by atoms with E-state index in [1.165, 1.54) is 38.3 Å². The van der Waals surface area contributed by atoms with E-state index >= 15 is 0 Å². The van der Waals surface area contributed by atoms with Crippen LogP contribution >= 0.6 is 0 Å². The van der Waals surface area contributed by atoms with Crippen LogP contribution in [0.25, 0.3) is 39.1 Å². The lowest BCUT2D eigenvalue weighted by atomic mass is 9.85. The Morgan fingerprint density at radius 3 is 2.68 bits per heavy atom. The number of nitrogens with one attached hydrogen (secondary N) is 1. The van der Waals surface area contributed by atoms with Crippen LogP contribution in [0.5, 0.6) is 0 Å². The van der Waals surface area contributed by atoms with E-state index in [9.17, 15) is 13.6 Å². The zero-order chi connectivity index (χ0) is 25.5. The van der Waals surface area contributed by atoms with Gasteiger partial charge in [0.15, 0.2) is 0 Å². The molecule has 2 heterocycles. The van der Waals surface area contributed by atoms with E-state index in [0.717, 1.165) is 34.9 Å². The van der Waals surface area contributed by atoms with Gasteiger partial charge in [-0.15, -0.1) is 5.10 Å². The Hall–Kier alpha value is -4.40. The fraction of sp³-hybridized carbons (Fsp3) is 0.214. The standard InChI is InChI=1S/C28H24F2N6O/c1-17(37)32-22-9-20(24-7-6-21(29)12-25(24)30)10-23(13-22)36-16-31-26-11-19(5-8-28(26)36)27-15-35(34-33-27)14-18-3-2-4-18/h5-13,15-16,18H,2-4,14H2,1H3,(H,32,37). The normalized spacial score (nSPS) is 13.6. The van der Waals surface area contributed by atoms with Gasteiger partial charge in [-0.1, -0.05) is 17.7 Å². The van der Waals surface area contributed by atoms with Crippen LogP contribution in [-0.4, -0.2) is 30.5 Å². The van der Waals surface area contributed by atoms with Crippen LogP contribution in [0.15, 0.2) is 67.1 Å². The number of hydrogen-bond acceptors (Lipinski definition) is 4. The second kappa shape index (κ2) is 9.24. The molecular weight excluding hydrogens is 474 g/mol. The summed E-state index contributed by atoms with van der Waals surface area (Å²) in [5, 5.41) is 11.4. The second-order valence-electron chi connectivity index (χ2n) is 9.51. The number of amides is 1. The molecule has 2 aromatic heterocycles. The predicted octanol–water partition coefficient (Wildman–Crippen LogP) is 5.99. The molecule has 1 saturated carbocycles. The second-order valence-corrected chi connectivity index (χ2v) is 9.51. The highest BCUT2D eigenvalue weighted by Crippen LogP contribution is 2.32. The average molecular weight is 499 g/mol. The molecule has 0 radical (unpaired) electrons. The maximum absolute atomic E-state index is 14.6. The summed E-state index contributed by atoms with van der Waals surface area (Å²) in [7, 11) is 0. The van der Waals surface area contributed by atoms with E-state index in [1.807, 2.05) is 33.6 Å². The third kappa shape index (κ3) is 4.60. The van der Waals surface area contributed by atoms with Crippen molar-refractivity contribution in [3.63, 3.8) is 0 Å². The summed E-state index contributed by atoms with van der Waals surface area (Å²) in [4.78, 5) is 16.3. The van der Waals surface area contributed by atoms with Gasteiger partial charge in [0.25, 0.3) is 0 Å². The van der Waals surface area contributed by atoms with E-state index in [0.29, 0.717) is 22.9 Å². The first-order valence-corrected chi connectivity index (χ1v) is 12.2. The van der Waals surface area contributed by atoms with E-state index in [2.05, 4.69) is 20.6 Å². The number of carbonyl (C=O) groups is 1. The Labute approximate surface area is 211 Å². The monoisotopic (exact) mass is 498 g/mol. The minimum absolute atomic E-state index is 0.228. The molecule has 6 rings (SSSR count). The van der Waals surface area contributed by atoms with Crippen molar-refractivity contribution in [2.45, 2.75) is 32.7 Å². The Balaban J connectivity index is 1.37. The number of carbonyl (C=O) groups excluding carboxylic acids is 1. The minimum atomic E-state index is -0.684. The first kappa shape index (κ1) is 23.0. The molecule has 0 atom stereocenters. The lowest BCUT2D eigenvalue weighted by Gasteiger charge is -2.24. The van der Waals surface area contributed by atoms with Gasteiger partial charge in [-0.05, 0) is 66.8 Å². The summed E-state index contributed by atoms with van der Waals surface area (Å²) in [6.07, 6.45) is 7.44. The molecule has 9 heteroatoms. The molecule has 5 aromatic rings. The van der Waals surface area contributed by atoms with Crippen LogP contribution in [-0.2, 0) is 11.3 Å². The van der Waals surface area contributed by atoms with Gasteiger partial charge >= 0.3 is 0 Å². The Morgan fingerprint density at radius 1 is 1.05 bits per heavy atom. The molecule has 0 saturated heterocycles. The first-order valence-electron chi connectivity index (χ1n) is 12.2. The molecule has 1 N–H and O–H groups in total. The molecule has 1 aliphatic rings. The maximum Gasteiger partial charge on any atom is 0.221 e. The van der Waals surface area contributed by atoms with Crippen LogP contribution in [0.1, 0.15) is 26.2 Å². The molecule has 3 aromatic carbocycles. The molecule has 0 aliphatic heterocycles. The van der Waals surface area contributed by atoms with Crippen molar-refractivity contribution in [3.05, 3.63) is 78.8 Å². The fourth-order valence-corrected chi connectivity index (χ4v) is 4.74. The third-order valence-corrected chi connectivity index (χ3v) is 6.81. The zero-order valence-corrected chi connectivity index (χ0v) is 20.2. The number of halogens is 2. The van der Waals surface area contributed by atoms with Crippen LogP contribution < -0.4 is 5.32 Å². The van der Waals surface area contributed by atoms with Crippen molar-refractivity contribution in [3.8, 4) is 28.1 Å². The number of imidazole rings is 1. The summed E-state index contributed by atoms with van der Waals surface area (Å²) in [5.41, 5.74) is 5.18. The van der Waals surface area contributed by atoms with E-state index in [1.54, 1.807) is 24.5 Å². The molecule has 37 heavy (non-hydrogen) atoms. The molecule has 7 nitrogen and oxygen atoms in total. The SMILES string of the molecule is CC(=O)Nc1cc(-c2ccc(F)cc2F)cc(-n2cnc3cc(-c4cn(CC5CCC5)nn4)ccc32)c1. The fourth-order valence-electron chi connectivity index (χ4n) is 4.74. The lowest BCUT2D eigenvalue weighted by molar-refractivity contribution is -0.114. The summed E-state index contributed by atoms with van der Waals surface area (Å²) < 4.78 is 31.9. The zero-order valence-electron chi connectivity index (χ0n) is 20.2. The molecule has 1 amide bonds. The van der Waals surface area contributed by atoms with Gasteiger partial charge in [0.1, 0.15) is 23.7 Å². The van der Waals surface area contributed by atoms with Gasteiger partial charge in [-0.3, -0.25) is 14.0 Å². The van der Waals surface area contributed by atoms with Crippen molar-refractivity contribution >= 4 is 22.6 Å². The third-order valence-electron chi connectivity index (χ3n) is 6.81. The molecule has 0 unspecified atom stereocenters. The Kier molecular flexibility index (Phi) is 5.75. The number of benzene rings is 3. The van der Waals surface area contributed by atoms with Crippen molar-refractivity contribution < 1.29 is 13.6 Å². The molecule has 1 fully saturated rings. The highest BCUT2D eigenvalue weighted by Gasteiger charge is 2.19. The highest BCUT2D eigenvalue weighted by molar-refractivity contribution is 5.91. The van der Waals surface area contributed by atoms with Gasteiger partial charge in [0.2, 0.25) is 5.91 Å². The van der Waals surface area contributed by atoms with E-state index in [-0.39, 0.29) is 11.5 Å².